The number of hydrogen-bond acceptors (Lipinski definition) is 3. The van der Waals surface area contributed by atoms with E-state index < -0.39 is 0 Å². The molecule has 2 aliphatic rings. The number of ether oxygens (including phenoxy) is 1. The molecule has 0 radical (unpaired) electrons. The number of aldehydes is 1. The fourth-order valence-electron chi connectivity index (χ4n) is 4.56. The average molecular weight is 411 g/mol. The molecule has 0 spiro atoms. The van der Waals surface area contributed by atoms with Crippen LogP contribution in [0.2, 0.25) is 0 Å². The Morgan fingerprint density at radius 1 is 0.968 bits per heavy atom. The molecule has 3 aromatic rings. The van der Waals surface area contributed by atoms with Gasteiger partial charge >= 0.3 is 0 Å². The van der Waals surface area contributed by atoms with Gasteiger partial charge in [-0.2, -0.15) is 0 Å². The van der Waals surface area contributed by atoms with Crippen molar-refractivity contribution in [1.82, 2.24) is 0 Å². The van der Waals surface area contributed by atoms with Crippen molar-refractivity contribution < 1.29 is 13.9 Å². The lowest BCUT2D eigenvalue weighted by molar-refractivity contribution is 0.112. The van der Waals surface area contributed by atoms with Crippen molar-refractivity contribution in [3.8, 4) is 16.9 Å². The first kappa shape index (κ1) is 19.3. The van der Waals surface area contributed by atoms with Gasteiger partial charge in [-0.1, -0.05) is 36.4 Å². The number of anilines is 1. The van der Waals surface area contributed by atoms with Crippen LogP contribution in [0.1, 0.15) is 47.8 Å². The zero-order valence-corrected chi connectivity index (χ0v) is 17.6. The second kappa shape index (κ2) is 6.95. The number of carbonyl (C=O) groups excluding carboxylic acids is 1. The third kappa shape index (κ3) is 3.25. The Balaban J connectivity index is 1.82. The summed E-state index contributed by atoms with van der Waals surface area (Å²) in [5.41, 5.74) is 6.84. The molecule has 0 saturated heterocycles. The van der Waals surface area contributed by atoms with E-state index in [1.807, 2.05) is 36.4 Å². The van der Waals surface area contributed by atoms with Crippen LogP contribution >= 0.6 is 0 Å². The highest BCUT2D eigenvalue weighted by atomic mass is 19.1. The molecular formula is C27H22FNO2. The molecule has 2 aliphatic heterocycles. The molecule has 31 heavy (non-hydrogen) atoms. The van der Waals surface area contributed by atoms with Crippen molar-refractivity contribution in [2.75, 3.05) is 5.32 Å². The molecular weight excluding hydrogens is 389 g/mol. The highest BCUT2D eigenvalue weighted by Crippen LogP contribution is 2.49. The molecule has 3 nitrogen and oxygen atoms in total. The van der Waals surface area contributed by atoms with Gasteiger partial charge < -0.3 is 10.1 Å². The number of carbonyl (C=O) groups is 1. The van der Waals surface area contributed by atoms with Crippen molar-refractivity contribution in [3.05, 3.63) is 88.7 Å². The predicted molar refractivity (Wildman–Crippen MR) is 124 cm³/mol. The first-order valence-electron chi connectivity index (χ1n) is 10.3. The molecule has 2 heterocycles. The van der Waals surface area contributed by atoms with Crippen LogP contribution in [0.5, 0.6) is 5.75 Å². The SMILES string of the molecule is CC1=CC(C)(C)Nc2ccc3c(c21)/C(=C/c1ccccc1C=O)Oc1ccc(F)cc1-3. The summed E-state index contributed by atoms with van der Waals surface area (Å²) < 4.78 is 20.4. The lowest BCUT2D eigenvalue weighted by atomic mass is 9.83. The maximum Gasteiger partial charge on any atom is 0.150 e. The van der Waals surface area contributed by atoms with E-state index >= 15 is 0 Å². The maximum atomic E-state index is 14.1. The minimum atomic E-state index is -0.309. The van der Waals surface area contributed by atoms with Crippen LogP contribution in [-0.4, -0.2) is 11.8 Å². The van der Waals surface area contributed by atoms with E-state index in [0.29, 0.717) is 17.1 Å². The van der Waals surface area contributed by atoms with E-state index in [1.54, 1.807) is 12.1 Å². The summed E-state index contributed by atoms with van der Waals surface area (Å²) in [6, 6.07) is 16.0. The number of allylic oxidation sites excluding steroid dienone is 1. The predicted octanol–water partition coefficient (Wildman–Crippen LogP) is 6.80. The number of benzene rings is 3. The van der Waals surface area contributed by atoms with Gasteiger partial charge in [0, 0.05) is 27.9 Å². The van der Waals surface area contributed by atoms with E-state index in [9.17, 15) is 9.18 Å². The third-order valence-electron chi connectivity index (χ3n) is 5.74. The summed E-state index contributed by atoms with van der Waals surface area (Å²) in [5.74, 6) is 0.917. The van der Waals surface area contributed by atoms with Crippen LogP contribution in [0.25, 0.3) is 28.5 Å². The molecule has 4 heteroatoms. The largest absolute Gasteiger partial charge is 0.456 e. The Morgan fingerprint density at radius 2 is 1.74 bits per heavy atom. The van der Waals surface area contributed by atoms with E-state index in [2.05, 4.69) is 32.2 Å². The zero-order chi connectivity index (χ0) is 21.8. The summed E-state index contributed by atoms with van der Waals surface area (Å²) in [5, 5.41) is 3.57. The minimum Gasteiger partial charge on any atom is -0.456 e. The molecule has 3 aromatic carbocycles. The second-order valence-electron chi connectivity index (χ2n) is 8.58. The molecule has 0 fully saturated rings. The van der Waals surface area contributed by atoms with Crippen LogP contribution in [0.3, 0.4) is 0 Å². The standard InChI is InChI=1S/C27H22FNO2/c1-16-14-27(2,3)29-22-10-9-20-21-13-19(28)8-11-23(21)31-24(26(20)25(16)22)12-17-6-4-5-7-18(17)15-30/h4-15,29H,1-3H3/b24-12-. The van der Waals surface area contributed by atoms with Crippen molar-refractivity contribution in [2.24, 2.45) is 0 Å². The summed E-state index contributed by atoms with van der Waals surface area (Å²) in [7, 11) is 0. The van der Waals surface area contributed by atoms with Crippen LogP contribution in [0.4, 0.5) is 10.1 Å². The van der Waals surface area contributed by atoms with Gasteiger partial charge in [0.05, 0.1) is 5.54 Å². The maximum absolute atomic E-state index is 14.1. The summed E-state index contributed by atoms with van der Waals surface area (Å²) in [6.45, 7) is 6.33. The Morgan fingerprint density at radius 3 is 2.52 bits per heavy atom. The first-order valence-corrected chi connectivity index (χ1v) is 10.3. The lowest BCUT2D eigenvalue weighted by Gasteiger charge is -2.35. The van der Waals surface area contributed by atoms with E-state index in [1.165, 1.54) is 12.1 Å². The highest BCUT2D eigenvalue weighted by Gasteiger charge is 2.31. The minimum absolute atomic E-state index is 0.182. The molecule has 1 N–H and O–H groups in total. The van der Waals surface area contributed by atoms with Gasteiger partial charge in [0.15, 0.2) is 6.29 Å². The quantitative estimate of drug-likeness (QED) is 0.471. The first-order chi connectivity index (χ1) is 14.9. The summed E-state index contributed by atoms with van der Waals surface area (Å²) in [4.78, 5) is 11.6. The van der Waals surface area contributed by atoms with Crippen LogP contribution in [0, 0.1) is 5.82 Å². The third-order valence-corrected chi connectivity index (χ3v) is 5.74. The molecule has 154 valence electrons. The van der Waals surface area contributed by atoms with Gasteiger partial charge in [-0.05, 0) is 67.8 Å². The number of halogens is 1. The van der Waals surface area contributed by atoms with Crippen molar-refractivity contribution in [2.45, 2.75) is 26.3 Å². The number of fused-ring (bicyclic) bond motifs is 5. The Hall–Kier alpha value is -3.66. The van der Waals surface area contributed by atoms with E-state index in [-0.39, 0.29) is 11.4 Å². The van der Waals surface area contributed by atoms with Crippen molar-refractivity contribution >= 4 is 29.4 Å². The Kier molecular flexibility index (Phi) is 4.33. The number of hydrogen-bond donors (Lipinski definition) is 1. The van der Waals surface area contributed by atoms with Gasteiger partial charge in [-0.15, -0.1) is 0 Å². The second-order valence-corrected chi connectivity index (χ2v) is 8.58. The molecule has 0 aromatic heterocycles. The summed E-state index contributed by atoms with van der Waals surface area (Å²) >= 11 is 0. The van der Waals surface area contributed by atoms with Gasteiger partial charge in [-0.3, -0.25) is 4.79 Å². The fraction of sp³-hybridized carbons (Fsp3) is 0.148. The molecule has 0 saturated carbocycles. The normalized spacial score (nSPS) is 16.9. The van der Waals surface area contributed by atoms with E-state index in [0.717, 1.165) is 45.4 Å². The van der Waals surface area contributed by atoms with Crippen molar-refractivity contribution in [3.63, 3.8) is 0 Å². The zero-order valence-electron chi connectivity index (χ0n) is 17.6. The molecule has 5 rings (SSSR count). The van der Waals surface area contributed by atoms with Crippen LogP contribution < -0.4 is 10.1 Å². The molecule has 0 atom stereocenters. The Labute approximate surface area is 180 Å². The monoisotopic (exact) mass is 411 g/mol. The van der Waals surface area contributed by atoms with Gasteiger partial charge in [-0.25, -0.2) is 4.39 Å². The smallest absolute Gasteiger partial charge is 0.150 e. The van der Waals surface area contributed by atoms with E-state index in [4.69, 9.17) is 4.74 Å². The molecule has 0 amide bonds. The Bertz CT molecular complexity index is 1300. The molecule has 0 aliphatic carbocycles. The van der Waals surface area contributed by atoms with Gasteiger partial charge in [0.1, 0.15) is 17.3 Å². The molecule has 0 unspecified atom stereocenters. The topological polar surface area (TPSA) is 38.3 Å². The number of rotatable bonds is 2. The lowest BCUT2D eigenvalue weighted by Crippen LogP contribution is -2.32. The summed E-state index contributed by atoms with van der Waals surface area (Å²) in [6.07, 6.45) is 4.92. The van der Waals surface area contributed by atoms with Crippen molar-refractivity contribution in [1.29, 1.82) is 0 Å². The average Bonchev–Trinajstić information content (AvgIpc) is 2.73. The molecule has 0 bridgehead atoms. The fourth-order valence-corrected chi connectivity index (χ4v) is 4.56. The number of nitrogens with one attached hydrogen (secondary N) is 1. The van der Waals surface area contributed by atoms with Gasteiger partial charge in [0.25, 0.3) is 0 Å². The highest BCUT2D eigenvalue weighted by molar-refractivity contribution is 6.01. The van der Waals surface area contributed by atoms with Crippen LogP contribution in [0.15, 0.2) is 60.7 Å². The van der Waals surface area contributed by atoms with Gasteiger partial charge in [0.2, 0.25) is 0 Å². The van der Waals surface area contributed by atoms with Crippen LogP contribution in [-0.2, 0) is 0 Å².